The van der Waals surface area contributed by atoms with E-state index >= 15 is 0 Å². The normalized spacial score (nSPS) is 11.9. The Bertz CT molecular complexity index is 1450. The predicted octanol–water partition coefficient (Wildman–Crippen LogP) is 6.10. The third-order valence-corrected chi connectivity index (χ3v) is 8.75. The number of carbonyl (C=O) groups is 2. The summed E-state index contributed by atoms with van der Waals surface area (Å²) >= 11 is 12.6. The van der Waals surface area contributed by atoms with E-state index in [1.54, 1.807) is 47.4 Å². The Morgan fingerprint density at radius 3 is 2.28 bits per heavy atom. The third-order valence-electron chi connectivity index (χ3n) is 6.97. The minimum Gasteiger partial charge on any atom is -0.497 e. The summed E-state index contributed by atoms with van der Waals surface area (Å²) in [4.78, 5) is 29.1. The summed E-state index contributed by atoms with van der Waals surface area (Å²) in [5.41, 5.74) is 2.02. The van der Waals surface area contributed by atoms with E-state index in [4.69, 9.17) is 27.9 Å². The number of nitrogens with one attached hydrogen (secondary N) is 1. The molecule has 3 aromatic rings. The third kappa shape index (κ3) is 10.4. The number of amides is 2. The van der Waals surface area contributed by atoms with E-state index in [9.17, 15) is 18.0 Å². The van der Waals surface area contributed by atoms with Crippen molar-refractivity contribution in [3.8, 4) is 5.75 Å². The predicted molar refractivity (Wildman–Crippen MR) is 173 cm³/mol. The van der Waals surface area contributed by atoms with E-state index in [-0.39, 0.29) is 37.7 Å². The molecule has 1 N–H and O–H groups in total. The Morgan fingerprint density at radius 2 is 1.67 bits per heavy atom. The number of anilines is 1. The first-order valence-corrected chi connectivity index (χ1v) is 16.8. The maximum atomic E-state index is 13.9. The molecule has 0 aliphatic rings. The molecule has 3 rings (SSSR count). The van der Waals surface area contributed by atoms with Crippen molar-refractivity contribution in [2.24, 2.45) is 0 Å². The smallest absolute Gasteiger partial charge is 0.243 e. The highest BCUT2D eigenvalue weighted by molar-refractivity contribution is 7.92. The zero-order valence-corrected chi connectivity index (χ0v) is 27.1. The maximum Gasteiger partial charge on any atom is 0.243 e. The van der Waals surface area contributed by atoms with Gasteiger partial charge in [-0.15, -0.1) is 0 Å². The van der Waals surface area contributed by atoms with Crippen LogP contribution in [0.15, 0.2) is 72.8 Å². The van der Waals surface area contributed by atoms with Crippen LogP contribution >= 0.6 is 23.2 Å². The van der Waals surface area contributed by atoms with E-state index in [2.05, 4.69) is 5.32 Å². The molecule has 43 heavy (non-hydrogen) atoms. The fourth-order valence-electron chi connectivity index (χ4n) is 4.65. The first-order valence-electron chi connectivity index (χ1n) is 14.2. The number of sulfonamides is 1. The van der Waals surface area contributed by atoms with Crippen LogP contribution in [0.5, 0.6) is 5.75 Å². The number of carbonyl (C=O) groups excluding carboxylic acids is 2. The van der Waals surface area contributed by atoms with Crippen LogP contribution in [0.3, 0.4) is 0 Å². The van der Waals surface area contributed by atoms with Crippen molar-refractivity contribution >= 4 is 50.7 Å². The summed E-state index contributed by atoms with van der Waals surface area (Å²) in [5, 5.41) is 3.84. The second-order valence-electron chi connectivity index (χ2n) is 10.2. The second kappa shape index (κ2) is 16.5. The van der Waals surface area contributed by atoms with Crippen LogP contribution in [0.25, 0.3) is 0 Å². The first-order chi connectivity index (χ1) is 20.5. The molecule has 11 heteroatoms. The van der Waals surface area contributed by atoms with Crippen LogP contribution in [0, 0.1) is 0 Å². The van der Waals surface area contributed by atoms with Gasteiger partial charge in [-0.1, -0.05) is 72.9 Å². The average Bonchev–Trinajstić information content (AvgIpc) is 2.98. The molecule has 2 amide bonds. The van der Waals surface area contributed by atoms with Crippen molar-refractivity contribution in [3.63, 3.8) is 0 Å². The van der Waals surface area contributed by atoms with Gasteiger partial charge >= 0.3 is 0 Å². The highest BCUT2D eigenvalue weighted by Gasteiger charge is 2.31. The van der Waals surface area contributed by atoms with E-state index in [0.29, 0.717) is 40.0 Å². The average molecular weight is 649 g/mol. The lowest BCUT2D eigenvalue weighted by molar-refractivity contribution is -0.141. The van der Waals surface area contributed by atoms with Crippen molar-refractivity contribution in [1.29, 1.82) is 0 Å². The van der Waals surface area contributed by atoms with Crippen molar-refractivity contribution < 1.29 is 22.7 Å². The lowest BCUT2D eigenvalue weighted by Crippen LogP contribution is -2.50. The second-order valence-corrected chi connectivity index (χ2v) is 13.0. The summed E-state index contributed by atoms with van der Waals surface area (Å²) < 4.78 is 31.7. The minimum atomic E-state index is -3.62. The van der Waals surface area contributed by atoms with Gasteiger partial charge in [-0.2, -0.15) is 0 Å². The first kappa shape index (κ1) is 34.2. The maximum absolute atomic E-state index is 13.9. The number of halogens is 2. The Balaban J connectivity index is 1.89. The van der Waals surface area contributed by atoms with Gasteiger partial charge in [0.2, 0.25) is 21.8 Å². The van der Waals surface area contributed by atoms with Crippen molar-refractivity contribution in [2.45, 2.75) is 51.6 Å². The molecule has 0 radical (unpaired) electrons. The standard InChI is InChI=1S/C32H39Cl2N3O5S/c1-4-5-19-35-32(39)30(21-24-10-7-6-8-11-24)36(23-25-13-14-26(33)22-29(25)34)31(38)12-9-20-37(43(3,40)41)27-15-17-28(42-2)18-16-27/h6-8,10-11,13-18,22,30H,4-5,9,12,19-21,23H2,1-3H3,(H,35,39). The number of ether oxygens (including phenoxy) is 1. The molecule has 0 heterocycles. The Kier molecular flexibility index (Phi) is 13.2. The van der Waals surface area contributed by atoms with Crippen molar-refractivity contribution in [3.05, 3.63) is 94.0 Å². The summed E-state index contributed by atoms with van der Waals surface area (Å²) in [7, 11) is -2.09. The highest BCUT2D eigenvalue weighted by Crippen LogP contribution is 2.26. The SMILES string of the molecule is CCCCNC(=O)C(Cc1ccccc1)N(Cc1ccc(Cl)cc1Cl)C(=O)CCCN(c1ccc(OC)cc1)S(C)(=O)=O. The number of nitrogens with zero attached hydrogens (tertiary/aromatic N) is 2. The minimum absolute atomic E-state index is 0.0148. The molecule has 0 fully saturated rings. The lowest BCUT2D eigenvalue weighted by Gasteiger charge is -2.32. The molecule has 0 saturated heterocycles. The molecule has 1 atom stereocenters. The quantitative estimate of drug-likeness (QED) is 0.189. The number of benzene rings is 3. The summed E-state index contributed by atoms with van der Waals surface area (Å²) in [6.07, 6.45) is 3.41. The summed E-state index contributed by atoms with van der Waals surface area (Å²) in [5.74, 6) is 0.0538. The zero-order valence-electron chi connectivity index (χ0n) is 24.8. The Hall–Kier alpha value is -3.27. The lowest BCUT2D eigenvalue weighted by atomic mass is 10.0. The molecule has 8 nitrogen and oxygen atoms in total. The molecule has 0 aliphatic heterocycles. The van der Waals surface area contributed by atoms with Crippen LogP contribution in [-0.2, 0) is 32.6 Å². The zero-order chi connectivity index (χ0) is 31.4. The molecule has 0 aromatic heterocycles. The molecule has 232 valence electrons. The molecule has 1 unspecified atom stereocenters. The van der Waals surface area contributed by atoms with Crippen molar-refractivity contribution in [1.82, 2.24) is 10.2 Å². The number of hydrogen-bond donors (Lipinski definition) is 1. The van der Waals surface area contributed by atoms with E-state index in [1.165, 1.54) is 11.4 Å². The topological polar surface area (TPSA) is 96.0 Å². The van der Waals surface area contributed by atoms with Crippen LogP contribution < -0.4 is 14.4 Å². The number of hydrogen-bond acceptors (Lipinski definition) is 5. The van der Waals surface area contributed by atoms with E-state index < -0.39 is 16.1 Å². The fraction of sp³-hybridized carbons (Fsp3) is 0.375. The number of rotatable bonds is 16. The monoisotopic (exact) mass is 647 g/mol. The van der Waals surface area contributed by atoms with Crippen LogP contribution in [0.1, 0.15) is 43.7 Å². The van der Waals surface area contributed by atoms with Gasteiger partial charge in [0.05, 0.1) is 19.1 Å². The number of methoxy groups -OCH3 is 1. The molecular formula is C32H39Cl2N3O5S. The van der Waals surface area contributed by atoms with Gasteiger partial charge < -0.3 is 15.0 Å². The van der Waals surface area contributed by atoms with E-state index in [1.807, 2.05) is 37.3 Å². The number of unbranched alkanes of at least 4 members (excludes halogenated alkanes) is 1. The molecule has 0 saturated carbocycles. The van der Waals surface area contributed by atoms with Gasteiger partial charge in [-0.3, -0.25) is 13.9 Å². The largest absolute Gasteiger partial charge is 0.497 e. The van der Waals surface area contributed by atoms with Crippen LogP contribution in [-0.4, -0.2) is 57.6 Å². The van der Waals surface area contributed by atoms with Gasteiger partial charge in [0.15, 0.2) is 0 Å². The molecule has 0 spiro atoms. The Labute approximate surface area is 265 Å². The van der Waals surface area contributed by atoms with Crippen molar-refractivity contribution in [2.75, 3.05) is 30.8 Å². The van der Waals surface area contributed by atoms with Gasteiger partial charge in [0.1, 0.15) is 11.8 Å². The summed E-state index contributed by atoms with van der Waals surface area (Å²) in [6.45, 7) is 2.70. The van der Waals surface area contributed by atoms with Crippen LogP contribution in [0.4, 0.5) is 5.69 Å². The van der Waals surface area contributed by atoms with Crippen LogP contribution in [0.2, 0.25) is 10.0 Å². The van der Waals surface area contributed by atoms with Gasteiger partial charge in [-0.25, -0.2) is 8.42 Å². The van der Waals surface area contributed by atoms with E-state index in [0.717, 1.165) is 24.7 Å². The van der Waals surface area contributed by atoms with Gasteiger partial charge in [-0.05, 0) is 60.4 Å². The fourth-order valence-corrected chi connectivity index (χ4v) is 6.08. The Morgan fingerprint density at radius 1 is 0.977 bits per heavy atom. The van der Waals surface area contributed by atoms with Gasteiger partial charge in [0, 0.05) is 42.5 Å². The molecular weight excluding hydrogens is 609 g/mol. The molecule has 3 aromatic carbocycles. The summed E-state index contributed by atoms with van der Waals surface area (Å²) in [6, 6.07) is 20.4. The molecule has 0 aliphatic carbocycles. The highest BCUT2D eigenvalue weighted by atomic mass is 35.5. The van der Waals surface area contributed by atoms with Gasteiger partial charge in [0.25, 0.3) is 0 Å². The molecule has 0 bridgehead atoms.